The maximum atomic E-state index is 8.78. The summed E-state index contributed by atoms with van der Waals surface area (Å²) in [5.41, 5.74) is 0. The highest BCUT2D eigenvalue weighted by Crippen LogP contribution is 2.28. The van der Waals surface area contributed by atoms with E-state index >= 15 is 0 Å². The Kier molecular flexibility index (Phi) is 3.96. The van der Waals surface area contributed by atoms with E-state index in [-0.39, 0.29) is 6.61 Å². The van der Waals surface area contributed by atoms with E-state index in [1.807, 2.05) is 6.92 Å². The SMILES string of the molecule is Cc1cnc(CN(CCCCO)C2CC2)o1. The Hall–Kier alpha value is -0.870. The Balaban J connectivity index is 1.82. The van der Waals surface area contributed by atoms with E-state index < -0.39 is 0 Å². The van der Waals surface area contributed by atoms with Crippen molar-refractivity contribution < 1.29 is 9.52 Å². The number of hydrogen-bond donors (Lipinski definition) is 1. The fraction of sp³-hybridized carbons (Fsp3) is 0.750. The van der Waals surface area contributed by atoms with Gasteiger partial charge in [0, 0.05) is 12.6 Å². The zero-order valence-corrected chi connectivity index (χ0v) is 9.85. The minimum atomic E-state index is 0.288. The first-order valence-corrected chi connectivity index (χ1v) is 6.06. The van der Waals surface area contributed by atoms with E-state index in [2.05, 4.69) is 9.88 Å². The van der Waals surface area contributed by atoms with Crippen LogP contribution >= 0.6 is 0 Å². The largest absolute Gasteiger partial charge is 0.445 e. The second-order valence-electron chi connectivity index (χ2n) is 4.50. The zero-order chi connectivity index (χ0) is 11.4. The molecule has 0 aliphatic heterocycles. The standard InChI is InChI=1S/C12H20N2O2/c1-10-8-13-12(16-10)9-14(11-4-5-11)6-2-3-7-15/h8,11,15H,2-7,9H2,1H3. The molecule has 1 heterocycles. The topological polar surface area (TPSA) is 49.5 Å². The molecule has 2 rings (SSSR count). The molecule has 0 spiro atoms. The van der Waals surface area contributed by atoms with Crippen LogP contribution in [-0.2, 0) is 6.54 Å². The monoisotopic (exact) mass is 224 g/mol. The minimum Gasteiger partial charge on any atom is -0.445 e. The highest BCUT2D eigenvalue weighted by atomic mass is 16.4. The molecule has 0 saturated heterocycles. The molecular formula is C12H20N2O2. The van der Waals surface area contributed by atoms with Crippen LogP contribution in [0.2, 0.25) is 0 Å². The van der Waals surface area contributed by atoms with Crippen LogP contribution in [0, 0.1) is 6.92 Å². The van der Waals surface area contributed by atoms with Crippen LogP contribution in [0.5, 0.6) is 0 Å². The van der Waals surface area contributed by atoms with Crippen LogP contribution in [-0.4, -0.2) is 34.2 Å². The summed E-state index contributed by atoms with van der Waals surface area (Å²) in [6.45, 7) is 4.05. The summed E-state index contributed by atoms with van der Waals surface area (Å²) in [5.74, 6) is 1.69. The van der Waals surface area contributed by atoms with Crippen LogP contribution in [0.3, 0.4) is 0 Å². The summed E-state index contributed by atoms with van der Waals surface area (Å²) in [4.78, 5) is 6.65. The predicted octanol–water partition coefficient (Wildman–Crippen LogP) is 1.72. The lowest BCUT2D eigenvalue weighted by Gasteiger charge is -2.19. The molecule has 0 atom stereocenters. The molecule has 4 heteroatoms. The number of nitrogens with zero attached hydrogens (tertiary/aromatic N) is 2. The average Bonchev–Trinajstić information content (AvgIpc) is 3.02. The van der Waals surface area contributed by atoms with Crippen molar-refractivity contribution in [1.82, 2.24) is 9.88 Å². The summed E-state index contributed by atoms with van der Waals surface area (Å²) in [6, 6.07) is 0.714. The minimum absolute atomic E-state index is 0.288. The summed E-state index contributed by atoms with van der Waals surface area (Å²) in [5, 5.41) is 8.78. The molecular weight excluding hydrogens is 204 g/mol. The van der Waals surface area contributed by atoms with Crippen LogP contribution < -0.4 is 0 Å². The van der Waals surface area contributed by atoms with Gasteiger partial charge >= 0.3 is 0 Å². The molecule has 1 fully saturated rings. The van der Waals surface area contributed by atoms with Gasteiger partial charge in [-0.1, -0.05) is 0 Å². The van der Waals surface area contributed by atoms with Crippen molar-refractivity contribution in [2.45, 2.75) is 45.2 Å². The fourth-order valence-electron chi connectivity index (χ4n) is 1.91. The fourth-order valence-corrected chi connectivity index (χ4v) is 1.91. The van der Waals surface area contributed by atoms with Gasteiger partial charge in [-0.3, -0.25) is 4.90 Å². The summed E-state index contributed by atoms with van der Waals surface area (Å²) < 4.78 is 5.50. The Labute approximate surface area is 96.3 Å². The van der Waals surface area contributed by atoms with Crippen molar-refractivity contribution in [1.29, 1.82) is 0 Å². The molecule has 0 bridgehead atoms. The molecule has 0 unspecified atom stereocenters. The second-order valence-corrected chi connectivity index (χ2v) is 4.50. The smallest absolute Gasteiger partial charge is 0.208 e. The van der Waals surface area contributed by atoms with Crippen LogP contribution in [0.4, 0.5) is 0 Å². The van der Waals surface area contributed by atoms with Gasteiger partial charge in [0.25, 0.3) is 0 Å². The number of aliphatic hydroxyl groups excluding tert-OH is 1. The lowest BCUT2D eigenvalue weighted by Crippen LogP contribution is -2.27. The van der Waals surface area contributed by atoms with Crippen molar-refractivity contribution in [3.63, 3.8) is 0 Å². The molecule has 0 aromatic carbocycles. The van der Waals surface area contributed by atoms with Crippen molar-refractivity contribution in [3.8, 4) is 0 Å². The highest BCUT2D eigenvalue weighted by Gasteiger charge is 2.29. The Bertz CT molecular complexity index is 321. The van der Waals surface area contributed by atoms with Crippen molar-refractivity contribution in [3.05, 3.63) is 17.8 Å². The molecule has 0 radical (unpaired) electrons. The highest BCUT2D eigenvalue weighted by molar-refractivity contribution is 4.93. The third kappa shape index (κ3) is 3.32. The van der Waals surface area contributed by atoms with Gasteiger partial charge < -0.3 is 9.52 Å². The summed E-state index contributed by atoms with van der Waals surface area (Å²) in [7, 11) is 0. The first kappa shape index (κ1) is 11.6. The van der Waals surface area contributed by atoms with Gasteiger partial charge in [-0.2, -0.15) is 0 Å². The quantitative estimate of drug-likeness (QED) is 0.716. The number of aromatic nitrogens is 1. The molecule has 1 aromatic heterocycles. The van der Waals surface area contributed by atoms with Crippen LogP contribution in [0.25, 0.3) is 0 Å². The Morgan fingerprint density at radius 1 is 1.50 bits per heavy atom. The van der Waals surface area contributed by atoms with E-state index in [1.54, 1.807) is 6.20 Å². The van der Waals surface area contributed by atoms with Crippen molar-refractivity contribution in [2.75, 3.05) is 13.2 Å². The van der Waals surface area contributed by atoms with Gasteiger partial charge in [0.2, 0.25) is 5.89 Å². The second kappa shape index (κ2) is 5.46. The molecule has 0 amide bonds. The van der Waals surface area contributed by atoms with Gasteiger partial charge in [-0.05, 0) is 39.2 Å². The molecule has 16 heavy (non-hydrogen) atoms. The molecule has 4 nitrogen and oxygen atoms in total. The number of aliphatic hydroxyl groups is 1. The average molecular weight is 224 g/mol. The lowest BCUT2D eigenvalue weighted by molar-refractivity contribution is 0.211. The van der Waals surface area contributed by atoms with Crippen molar-refractivity contribution in [2.24, 2.45) is 0 Å². The first-order valence-electron chi connectivity index (χ1n) is 6.06. The van der Waals surface area contributed by atoms with E-state index in [0.717, 1.165) is 37.6 Å². The molecule has 1 aromatic rings. The Morgan fingerprint density at radius 3 is 2.88 bits per heavy atom. The van der Waals surface area contributed by atoms with E-state index in [4.69, 9.17) is 9.52 Å². The number of rotatable bonds is 7. The number of aryl methyl sites for hydroxylation is 1. The normalized spacial score (nSPS) is 15.9. The predicted molar refractivity (Wildman–Crippen MR) is 61.0 cm³/mol. The number of oxazole rings is 1. The molecule has 1 saturated carbocycles. The summed E-state index contributed by atoms with van der Waals surface area (Å²) in [6.07, 6.45) is 6.28. The molecule has 90 valence electrons. The van der Waals surface area contributed by atoms with Gasteiger partial charge in [-0.25, -0.2) is 4.98 Å². The molecule has 1 aliphatic rings. The van der Waals surface area contributed by atoms with Gasteiger partial charge in [0.15, 0.2) is 0 Å². The number of unbranched alkanes of at least 4 members (excludes halogenated alkanes) is 1. The molecule has 1 N–H and O–H groups in total. The summed E-state index contributed by atoms with van der Waals surface area (Å²) >= 11 is 0. The first-order chi connectivity index (χ1) is 7.79. The van der Waals surface area contributed by atoms with Crippen molar-refractivity contribution >= 4 is 0 Å². The third-order valence-electron chi connectivity index (χ3n) is 2.92. The van der Waals surface area contributed by atoms with E-state index in [0.29, 0.717) is 6.04 Å². The lowest BCUT2D eigenvalue weighted by atomic mass is 10.3. The van der Waals surface area contributed by atoms with Crippen LogP contribution in [0.15, 0.2) is 10.6 Å². The van der Waals surface area contributed by atoms with Gasteiger partial charge in [-0.15, -0.1) is 0 Å². The van der Waals surface area contributed by atoms with E-state index in [9.17, 15) is 0 Å². The molecule has 1 aliphatic carbocycles. The van der Waals surface area contributed by atoms with Gasteiger partial charge in [0.05, 0.1) is 12.7 Å². The van der Waals surface area contributed by atoms with Crippen LogP contribution in [0.1, 0.15) is 37.3 Å². The zero-order valence-electron chi connectivity index (χ0n) is 9.85. The maximum absolute atomic E-state index is 8.78. The number of hydrogen-bond acceptors (Lipinski definition) is 4. The Morgan fingerprint density at radius 2 is 2.31 bits per heavy atom. The maximum Gasteiger partial charge on any atom is 0.208 e. The van der Waals surface area contributed by atoms with E-state index in [1.165, 1.54) is 12.8 Å². The third-order valence-corrected chi connectivity index (χ3v) is 2.92. The van der Waals surface area contributed by atoms with Gasteiger partial charge in [0.1, 0.15) is 5.76 Å².